The molecule has 1 fully saturated rings. The number of β-lactam (4-membered cyclic amide) rings is 1. The fraction of sp³-hybridized carbons (Fsp3) is 0.905. The lowest BCUT2D eigenvalue weighted by Crippen LogP contribution is -2.62. The maximum Gasteiger partial charge on any atom is 0.226 e. The molecule has 0 bridgehead atoms. The maximum absolute atomic E-state index is 12.1. The Morgan fingerprint density at radius 3 is 1.68 bits per heavy atom. The van der Waals surface area contributed by atoms with Crippen LogP contribution >= 0.6 is 0 Å². The zero-order chi connectivity index (χ0) is 22.0. The van der Waals surface area contributed by atoms with Crippen LogP contribution in [-0.2, 0) is 18.4 Å². The minimum atomic E-state index is -1.59. The molecule has 1 N–H and O–H groups in total. The molecule has 1 aliphatic rings. The molecule has 164 valence electrons. The molecule has 2 unspecified atom stereocenters. The second kappa shape index (κ2) is 9.54. The van der Waals surface area contributed by atoms with E-state index in [1.807, 2.05) is 0 Å². The smallest absolute Gasteiger partial charge is 0.226 e. The van der Waals surface area contributed by atoms with Crippen molar-refractivity contribution < 1.29 is 18.4 Å². The van der Waals surface area contributed by atoms with E-state index in [0.29, 0.717) is 18.3 Å². The number of hydrogen-bond donors (Lipinski definition) is 1. The highest BCUT2D eigenvalue weighted by molar-refractivity contribution is 6.55. The second-order valence-corrected chi connectivity index (χ2v) is 16.5. The van der Waals surface area contributed by atoms with Crippen LogP contribution in [0.25, 0.3) is 0 Å². The van der Waals surface area contributed by atoms with Gasteiger partial charge >= 0.3 is 0 Å². The van der Waals surface area contributed by atoms with Crippen molar-refractivity contribution in [2.75, 3.05) is 0 Å². The van der Waals surface area contributed by atoms with Gasteiger partial charge in [-0.05, 0) is 41.9 Å². The summed E-state index contributed by atoms with van der Waals surface area (Å²) in [5.74, 6) is 0.618. The van der Waals surface area contributed by atoms with Crippen LogP contribution in [0.4, 0.5) is 0 Å². The summed E-state index contributed by atoms with van der Waals surface area (Å²) < 4.78 is 13.1. The van der Waals surface area contributed by atoms with Crippen LogP contribution < -0.4 is 5.32 Å². The zero-order valence-electron chi connectivity index (χ0n) is 19.9. The minimum absolute atomic E-state index is 0.00366. The molecule has 1 saturated heterocycles. The van der Waals surface area contributed by atoms with Gasteiger partial charge in [0, 0.05) is 6.42 Å². The Bertz CT molecular complexity index is 535. The molecule has 1 amide bonds. The Labute approximate surface area is 175 Å². The lowest BCUT2D eigenvalue weighted by Gasteiger charge is -2.42. The number of ketones is 1. The van der Waals surface area contributed by atoms with Crippen molar-refractivity contribution in [3.8, 4) is 0 Å². The van der Waals surface area contributed by atoms with Gasteiger partial charge in [0.25, 0.3) is 0 Å². The molecular formula is C21H43NO4Si2. The fourth-order valence-electron chi connectivity index (χ4n) is 3.14. The van der Waals surface area contributed by atoms with Gasteiger partial charge in [0.1, 0.15) is 6.29 Å². The monoisotopic (exact) mass is 429 g/mol. The van der Waals surface area contributed by atoms with E-state index in [1.165, 1.54) is 6.92 Å². The van der Waals surface area contributed by atoms with Crippen LogP contribution in [0, 0.1) is 17.8 Å². The largest absolute Gasteiger partial charge is 0.396 e. The van der Waals surface area contributed by atoms with Gasteiger partial charge < -0.3 is 14.2 Å². The highest BCUT2D eigenvalue weighted by Gasteiger charge is 2.45. The van der Waals surface area contributed by atoms with Gasteiger partial charge in [0.2, 0.25) is 5.91 Å². The van der Waals surface area contributed by atoms with Crippen LogP contribution in [0.15, 0.2) is 0 Å². The van der Waals surface area contributed by atoms with Crippen molar-refractivity contribution in [3.05, 3.63) is 0 Å². The minimum Gasteiger partial charge on any atom is -0.396 e. The number of amides is 1. The third kappa shape index (κ3) is 5.77. The number of carbonyl (C=O) groups excluding carboxylic acids is 2. The summed E-state index contributed by atoms with van der Waals surface area (Å²) in [4.78, 5) is 23.9. The summed E-state index contributed by atoms with van der Waals surface area (Å²) in [5, 5.41) is 2.95. The van der Waals surface area contributed by atoms with Gasteiger partial charge in [0.05, 0.1) is 12.0 Å². The third-order valence-corrected chi connectivity index (χ3v) is 14.7. The molecule has 5 nitrogen and oxygen atoms in total. The number of carbonyl (C=O) groups is 2. The predicted octanol–water partition coefficient (Wildman–Crippen LogP) is 4.02. The molecule has 0 radical (unpaired) electrons. The normalized spacial score (nSPS) is 24.0. The van der Waals surface area contributed by atoms with Gasteiger partial charge in [0.15, 0.2) is 23.9 Å². The van der Waals surface area contributed by atoms with Gasteiger partial charge in [-0.25, -0.2) is 0 Å². The summed E-state index contributed by atoms with van der Waals surface area (Å²) in [7, 11) is -3.19. The first-order valence-electron chi connectivity index (χ1n) is 10.7. The van der Waals surface area contributed by atoms with Crippen LogP contribution in [0.1, 0.15) is 68.7 Å². The number of hydrogen-bond acceptors (Lipinski definition) is 4. The average molecular weight is 430 g/mol. The Morgan fingerprint density at radius 1 is 1.00 bits per heavy atom. The van der Waals surface area contributed by atoms with E-state index in [1.54, 1.807) is 0 Å². The molecule has 0 spiro atoms. The number of nitrogens with one attached hydrogen (secondary N) is 1. The quantitative estimate of drug-likeness (QED) is 0.306. The highest BCUT2D eigenvalue weighted by Crippen LogP contribution is 2.41. The first kappa shape index (κ1) is 25.5. The Balaban J connectivity index is 3.00. The Hall–Kier alpha value is -0.506. The van der Waals surface area contributed by atoms with E-state index >= 15 is 0 Å². The number of rotatable bonds is 11. The van der Waals surface area contributed by atoms with Gasteiger partial charge in [-0.15, -0.1) is 0 Å². The molecule has 0 aliphatic carbocycles. The van der Waals surface area contributed by atoms with Crippen molar-refractivity contribution in [1.82, 2.24) is 5.32 Å². The lowest BCUT2D eigenvalue weighted by molar-refractivity contribution is -0.145. The molecule has 1 aliphatic heterocycles. The van der Waals surface area contributed by atoms with E-state index in [9.17, 15) is 9.59 Å². The summed E-state index contributed by atoms with van der Waals surface area (Å²) in [6.45, 7) is 23.9. The van der Waals surface area contributed by atoms with Crippen molar-refractivity contribution in [2.45, 2.75) is 104 Å². The molecule has 0 aromatic rings. The van der Waals surface area contributed by atoms with Gasteiger partial charge in [-0.1, -0.05) is 55.4 Å². The third-order valence-electron chi connectivity index (χ3n) is 7.70. The first-order valence-corrected chi connectivity index (χ1v) is 15.1. The van der Waals surface area contributed by atoms with Crippen molar-refractivity contribution in [3.63, 3.8) is 0 Å². The topological polar surface area (TPSA) is 64.6 Å². The molecule has 1 heterocycles. The predicted molar refractivity (Wildman–Crippen MR) is 120 cm³/mol. The molecule has 4 atom stereocenters. The summed E-state index contributed by atoms with van der Waals surface area (Å²) in [6.07, 6.45) is 0.0601. The molecule has 0 aromatic heterocycles. The second-order valence-electron chi connectivity index (χ2n) is 10.4. The fourth-order valence-corrected chi connectivity index (χ4v) is 7.11. The highest BCUT2D eigenvalue weighted by atomic mass is 28.3. The van der Waals surface area contributed by atoms with Crippen LogP contribution in [-0.4, -0.2) is 42.1 Å². The van der Waals surface area contributed by atoms with Crippen LogP contribution in [0.5, 0.6) is 0 Å². The summed E-state index contributed by atoms with van der Waals surface area (Å²) in [5.41, 5.74) is 0. The summed E-state index contributed by atoms with van der Waals surface area (Å²) >= 11 is 0. The van der Waals surface area contributed by atoms with Gasteiger partial charge in [-0.2, -0.15) is 0 Å². The lowest BCUT2D eigenvalue weighted by atomic mass is 9.85. The molecule has 1 rings (SSSR count). The van der Waals surface area contributed by atoms with Crippen molar-refractivity contribution in [2.24, 2.45) is 17.8 Å². The van der Waals surface area contributed by atoms with E-state index < -0.39 is 30.4 Å². The van der Waals surface area contributed by atoms with E-state index in [2.05, 4.69) is 73.8 Å². The molecular weight excluding hydrogens is 386 g/mol. The van der Waals surface area contributed by atoms with Crippen LogP contribution in [0.3, 0.4) is 0 Å². The van der Waals surface area contributed by atoms with E-state index in [0.717, 1.165) is 0 Å². The van der Waals surface area contributed by atoms with E-state index in [4.69, 9.17) is 8.85 Å². The van der Waals surface area contributed by atoms with Crippen LogP contribution in [0.2, 0.25) is 23.2 Å². The maximum atomic E-state index is 12.1. The Kier molecular flexibility index (Phi) is 8.69. The van der Waals surface area contributed by atoms with Crippen molar-refractivity contribution >= 4 is 29.8 Å². The number of Topliss-reactive ketones (excluding diaryl/α,β-unsaturated/α-hetero) is 1. The standard InChI is InChI=1S/C21H43NO4Si2/c1-13(2)20(6,7)27(10)25-17(26-28(11)21(8,9)14(3)4)12-16-18(15(5)23)22-19(16)24/h13-14,16-18,27-28H,12H2,1-11H3,(H,22,24)/t16-,17?,18+,27?,28?/m1/s1. The summed E-state index contributed by atoms with van der Waals surface area (Å²) in [6, 6.07) is -0.396. The molecule has 7 heteroatoms. The molecule has 0 saturated carbocycles. The Morgan fingerprint density at radius 2 is 1.39 bits per heavy atom. The van der Waals surface area contributed by atoms with E-state index in [-0.39, 0.29) is 27.7 Å². The van der Waals surface area contributed by atoms with Gasteiger partial charge in [-0.3, -0.25) is 9.59 Å². The van der Waals surface area contributed by atoms with Crippen molar-refractivity contribution in [1.29, 1.82) is 0 Å². The average Bonchev–Trinajstić information content (AvgIpc) is 2.56. The molecule has 28 heavy (non-hydrogen) atoms. The first-order chi connectivity index (χ1) is 12.6. The molecule has 0 aromatic carbocycles. The zero-order valence-corrected chi connectivity index (χ0v) is 22.2. The SMILES string of the molecule is CC(=O)[C@@H]1NC(=O)[C@@H]1CC(O[SiH](C)C(C)(C)C(C)C)O[SiH](C)C(C)(C)C(C)C.